The number of aliphatic carboxylic acids is 1. The molecule has 0 atom stereocenters. The average molecular weight is 419 g/mol. The fourth-order valence-corrected chi connectivity index (χ4v) is 2.52. The number of nitrogens with one attached hydrogen (secondary N) is 1. The van der Waals surface area contributed by atoms with Crippen molar-refractivity contribution in [2.75, 3.05) is 6.54 Å². The van der Waals surface area contributed by atoms with Crippen LogP contribution in [0.4, 0.5) is 0 Å². The van der Waals surface area contributed by atoms with E-state index in [4.69, 9.17) is 11.6 Å². The third-order valence-corrected chi connectivity index (χ3v) is 3.55. The van der Waals surface area contributed by atoms with Crippen LogP contribution in [0.1, 0.15) is 0 Å². The van der Waals surface area contributed by atoms with Gasteiger partial charge < -0.3 is 26.2 Å². The van der Waals surface area contributed by atoms with Crippen molar-refractivity contribution in [3.8, 4) is 11.4 Å². The molecule has 0 unspecified atom stereocenters. The van der Waals surface area contributed by atoms with Gasteiger partial charge in [0.25, 0.3) is 0 Å². The second-order valence-corrected chi connectivity index (χ2v) is 5.46. The number of hydrogen-bond acceptors (Lipinski definition) is 5. The fourth-order valence-electron chi connectivity index (χ4n) is 2.33. The largest absolute Gasteiger partial charge is 1.00 e. The first kappa shape index (κ1) is 25.6. The first-order valence-corrected chi connectivity index (χ1v) is 7.46. The Hall–Kier alpha value is -1.37. The van der Waals surface area contributed by atoms with Gasteiger partial charge in [0.1, 0.15) is 17.9 Å². The topological polar surface area (TPSA) is 163 Å². The maximum absolute atomic E-state index is 12.0. The van der Waals surface area contributed by atoms with Gasteiger partial charge in [-0.1, -0.05) is 23.7 Å². The molecule has 3 rings (SSSR count). The Morgan fingerprint density at radius 2 is 1.93 bits per heavy atom. The number of carboxylic acids is 1. The Labute approximate surface area is 201 Å². The second kappa shape index (κ2) is 11.5. The maximum atomic E-state index is 12.0. The van der Waals surface area contributed by atoms with E-state index in [-0.39, 0.29) is 68.9 Å². The van der Waals surface area contributed by atoms with Crippen LogP contribution >= 0.6 is 11.6 Å². The molecule has 5 N–H and O–H groups in total. The van der Waals surface area contributed by atoms with Crippen LogP contribution < -0.4 is 61.8 Å². The second-order valence-electron chi connectivity index (χ2n) is 5.03. The summed E-state index contributed by atoms with van der Waals surface area (Å²) in [5.74, 6) is -1.31. The third-order valence-electron chi connectivity index (χ3n) is 3.32. The number of rotatable bonds is 5. The normalized spacial score (nSPS) is 9.52. The number of imidazole rings is 1. The van der Waals surface area contributed by atoms with Crippen molar-refractivity contribution >= 4 is 34.6 Å². The Morgan fingerprint density at radius 3 is 2.59 bits per heavy atom. The first-order valence-electron chi connectivity index (χ1n) is 7.08. The Morgan fingerprint density at radius 1 is 1.19 bits per heavy atom. The minimum absolute atomic E-state index is 0. The van der Waals surface area contributed by atoms with Crippen molar-refractivity contribution in [3.05, 3.63) is 47.6 Å². The zero-order valence-corrected chi connectivity index (χ0v) is 18.3. The number of carboxylic acid groups (broad SMARTS) is 1. The molecule has 138 valence electrons. The molecule has 2 aromatic heterocycles. The number of carbonyl (C=O) groups excluding carboxylic acids is 2. The van der Waals surface area contributed by atoms with Gasteiger partial charge in [-0.25, -0.2) is 9.97 Å². The minimum atomic E-state index is -1.35. The third kappa shape index (κ3) is 6.33. The van der Waals surface area contributed by atoms with Crippen LogP contribution in [0.5, 0.6) is 0 Å². The summed E-state index contributed by atoms with van der Waals surface area (Å²) in [6, 6.07) is 10.6. The zero-order valence-electron chi connectivity index (χ0n) is 14.4. The van der Waals surface area contributed by atoms with Crippen LogP contribution in [0.25, 0.3) is 22.6 Å². The summed E-state index contributed by atoms with van der Waals surface area (Å²) >= 11 is 6.03. The van der Waals surface area contributed by atoms with Crippen LogP contribution in [0.15, 0.2) is 42.6 Å². The van der Waals surface area contributed by atoms with Gasteiger partial charge in [-0.2, -0.15) is 0 Å². The molecule has 0 spiro atoms. The van der Waals surface area contributed by atoms with Gasteiger partial charge in [0, 0.05) is 16.8 Å². The standard InChI is InChI=1S/C16H13ClN4O3.K.2H2O/c17-11-4-1-3-10(7-11)15-20-12-5-2-6-18-16(12)21(15)9-13(22)19-8-14(23)24;;;/h1-7H,8-9H2,(H,19,22)(H,23,24);;2*1H2/q;+1;;/p-1. The molecule has 0 aliphatic rings. The summed E-state index contributed by atoms with van der Waals surface area (Å²) in [6.45, 7) is -0.673. The molecular formula is C16H16ClKN4O5. The van der Waals surface area contributed by atoms with Gasteiger partial charge in [0.05, 0.1) is 12.5 Å². The molecule has 0 aliphatic carbocycles. The number of aromatic nitrogens is 3. The van der Waals surface area contributed by atoms with Crippen molar-refractivity contribution in [2.45, 2.75) is 6.54 Å². The van der Waals surface area contributed by atoms with Crippen LogP contribution in [0.3, 0.4) is 0 Å². The quantitative estimate of drug-likeness (QED) is 0.416. The number of hydrogen-bond donors (Lipinski definition) is 1. The molecule has 0 saturated heterocycles. The monoisotopic (exact) mass is 418 g/mol. The Balaban J connectivity index is 0.00000225. The summed E-state index contributed by atoms with van der Waals surface area (Å²) < 4.78 is 1.62. The molecule has 0 aliphatic heterocycles. The minimum Gasteiger partial charge on any atom is -0.548 e. The van der Waals surface area contributed by atoms with E-state index in [9.17, 15) is 14.7 Å². The molecular weight excluding hydrogens is 403 g/mol. The maximum Gasteiger partial charge on any atom is 1.00 e. The van der Waals surface area contributed by atoms with Gasteiger partial charge in [-0.3, -0.25) is 9.36 Å². The summed E-state index contributed by atoms with van der Waals surface area (Å²) in [6.07, 6.45) is 1.60. The van der Waals surface area contributed by atoms with Crippen molar-refractivity contribution in [2.24, 2.45) is 0 Å². The van der Waals surface area contributed by atoms with E-state index >= 15 is 0 Å². The summed E-state index contributed by atoms with van der Waals surface area (Å²) in [5.41, 5.74) is 1.88. The van der Waals surface area contributed by atoms with Gasteiger partial charge in [0.15, 0.2) is 5.65 Å². The van der Waals surface area contributed by atoms with E-state index in [0.717, 1.165) is 5.56 Å². The van der Waals surface area contributed by atoms with Crippen molar-refractivity contribution in [3.63, 3.8) is 0 Å². The number of fused-ring (bicyclic) bond motifs is 1. The summed E-state index contributed by atoms with van der Waals surface area (Å²) in [5, 5.41) is 13.3. The molecule has 27 heavy (non-hydrogen) atoms. The van der Waals surface area contributed by atoms with E-state index in [2.05, 4.69) is 15.3 Å². The van der Waals surface area contributed by atoms with E-state index in [1.54, 1.807) is 41.1 Å². The number of nitrogens with zero attached hydrogens (tertiary/aromatic N) is 3. The smallest absolute Gasteiger partial charge is 0.548 e. The molecule has 9 nitrogen and oxygen atoms in total. The molecule has 0 bridgehead atoms. The average Bonchev–Trinajstić information content (AvgIpc) is 2.92. The number of amides is 1. The van der Waals surface area contributed by atoms with Gasteiger partial charge >= 0.3 is 51.4 Å². The van der Waals surface area contributed by atoms with E-state index in [0.29, 0.717) is 22.0 Å². The molecule has 0 radical (unpaired) electrons. The number of halogens is 1. The Bertz CT molecular complexity index is 934. The molecule has 0 fully saturated rings. The van der Waals surface area contributed by atoms with Crippen molar-refractivity contribution in [1.29, 1.82) is 0 Å². The molecule has 1 aromatic carbocycles. The number of pyridine rings is 1. The van der Waals surface area contributed by atoms with Crippen molar-refractivity contribution in [1.82, 2.24) is 19.9 Å². The van der Waals surface area contributed by atoms with Crippen LogP contribution in [-0.2, 0) is 16.1 Å². The molecule has 3 aromatic rings. The SMILES string of the molecule is O.O.O=C([O-])CNC(=O)Cn1c(-c2cccc(Cl)c2)nc2cccnc21.[K+]. The number of carbonyl (C=O) groups is 2. The molecule has 0 saturated carbocycles. The summed E-state index contributed by atoms with van der Waals surface area (Å²) in [4.78, 5) is 31.2. The van der Waals surface area contributed by atoms with Crippen LogP contribution in [-0.4, -0.2) is 43.9 Å². The van der Waals surface area contributed by atoms with Crippen LogP contribution in [0.2, 0.25) is 5.02 Å². The van der Waals surface area contributed by atoms with Gasteiger partial charge in [0.2, 0.25) is 5.91 Å². The fraction of sp³-hybridized carbons (Fsp3) is 0.125. The van der Waals surface area contributed by atoms with Gasteiger partial charge in [-0.05, 0) is 24.3 Å². The Kier molecular flexibility index (Phi) is 10.9. The van der Waals surface area contributed by atoms with Gasteiger partial charge in [-0.15, -0.1) is 0 Å². The molecule has 2 heterocycles. The number of benzene rings is 1. The molecule has 1 amide bonds. The first-order chi connectivity index (χ1) is 11.5. The summed E-state index contributed by atoms with van der Waals surface area (Å²) in [7, 11) is 0. The van der Waals surface area contributed by atoms with E-state index in [1.807, 2.05) is 6.07 Å². The van der Waals surface area contributed by atoms with E-state index < -0.39 is 18.4 Å². The predicted molar refractivity (Wildman–Crippen MR) is 93.2 cm³/mol. The zero-order chi connectivity index (χ0) is 17.1. The van der Waals surface area contributed by atoms with Crippen LogP contribution in [0, 0.1) is 0 Å². The predicted octanol–water partition coefficient (Wildman–Crippen LogP) is -4.03. The van der Waals surface area contributed by atoms with Crippen molar-refractivity contribution < 1.29 is 77.0 Å². The van der Waals surface area contributed by atoms with E-state index in [1.165, 1.54) is 0 Å². The molecule has 11 heteroatoms.